The van der Waals surface area contributed by atoms with Crippen molar-refractivity contribution in [1.82, 2.24) is 4.90 Å². The second kappa shape index (κ2) is 7.46. The molecular formula is C16H22ClNO2. The number of carboxylic acids is 1. The number of nitrogens with zero attached hydrogens (tertiary/aromatic N) is 1. The van der Waals surface area contributed by atoms with E-state index >= 15 is 0 Å². The summed E-state index contributed by atoms with van der Waals surface area (Å²) in [6, 6.07) is 7.00. The lowest BCUT2D eigenvalue weighted by atomic mass is 10.1. The lowest BCUT2D eigenvalue weighted by Gasteiger charge is -2.34. The predicted molar refractivity (Wildman–Crippen MR) is 84.0 cm³/mol. The molecule has 1 unspecified atom stereocenters. The Morgan fingerprint density at radius 1 is 1.15 bits per heavy atom. The first kappa shape index (κ1) is 16.7. The summed E-state index contributed by atoms with van der Waals surface area (Å²) in [6.45, 7) is 8.02. The summed E-state index contributed by atoms with van der Waals surface area (Å²) < 4.78 is 0. The molecule has 20 heavy (non-hydrogen) atoms. The first-order chi connectivity index (χ1) is 9.32. The van der Waals surface area contributed by atoms with E-state index in [4.69, 9.17) is 11.6 Å². The molecule has 0 amide bonds. The number of carbonyl (C=O) groups is 1. The molecule has 0 aliphatic heterocycles. The van der Waals surface area contributed by atoms with Gasteiger partial charge in [-0.1, -0.05) is 35.9 Å². The molecule has 0 fully saturated rings. The zero-order valence-electron chi connectivity index (χ0n) is 12.4. The molecule has 0 saturated heterocycles. The van der Waals surface area contributed by atoms with Crippen molar-refractivity contribution in [2.45, 2.75) is 45.8 Å². The van der Waals surface area contributed by atoms with Crippen molar-refractivity contribution in [2.24, 2.45) is 0 Å². The summed E-state index contributed by atoms with van der Waals surface area (Å²) in [5.41, 5.74) is 0.938. The maximum atomic E-state index is 11.5. The maximum Gasteiger partial charge on any atom is 0.324 e. The molecule has 0 aromatic heterocycles. The van der Waals surface area contributed by atoms with Gasteiger partial charge >= 0.3 is 5.97 Å². The Labute approximate surface area is 125 Å². The molecular weight excluding hydrogens is 274 g/mol. The molecule has 1 N–H and O–H groups in total. The monoisotopic (exact) mass is 295 g/mol. The molecule has 0 aliphatic carbocycles. The summed E-state index contributed by atoms with van der Waals surface area (Å²) in [6.07, 6.45) is 3.55. The molecule has 0 bridgehead atoms. The number of aliphatic carboxylic acids is 1. The van der Waals surface area contributed by atoms with Gasteiger partial charge in [-0.05, 0) is 45.4 Å². The molecule has 0 spiro atoms. The Balaban J connectivity index is 2.97. The molecule has 4 heteroatoms. The zero-order chi connectivity index (χ0) is 15.3. The fourth-order valence-corrected chi connectivity index (χ4v) is 2.45. The minimum absolute atomic E-state index is 0.158. The van der Waals surface area contributed by atoms with Crippen LogP contribution in [0.4, 0.5) is 0 Å². The van der Waals surface area contributed by atoms with Gasteiger partial charge in [0.05, 0.1) is 0 Å². The highest BCUT2D eigenvalue weighted by Gasteiger charge is 2.27. The Morgan fingerprint density at radius 3 is 2.05 bits per heavy atom. The third-order valence-electron chi connectivity index (χ3n) is 3.11. The number of carboxylic acid groups (broad SMARTS) is 1. The molecule has 1 aromatic carbocycles. The van der Waals surface area contributed by atoms with Crippen LogP contribution in [0, 0.1) is 0 Å². The number of rotatable bonds is 6. The number of hydrogen-bond donors (Lipinski definition) is 1. The fourth-order valence-electron chi connectivity index (χ4n) is 2.32. The summed E-state index contributed by atoms with van der Waals surface area (Å²) in [5.74, 6) is -0.836. The molecule has 3 nitrogen and oxygen atoms in total. The molecule has 0 radical (unpaired) electrons. The van der Waals surface area contributed by atoms with Gasteiger partial charge in [0.15, 0.2) is 0 Å². The van der Waals surface area contributed by atoms with Crippen molar-refractivity contribution in [2.75, 3.05) is 0 Å². The van der Waals surface area contributed by atoms with E-state index in [1.165, 1.54) is 0 Å². The largest absolute Gasteiger partial charge is 0.480 e. The molecule has 1 rings (SSSR count). The smallest absolute Gasteiger partial charge is 0.324 e. The molecule has 1 atom stereocenters. The maximum absolute atomic E-state index is 11.5. The lowest BCUT2D eigenvalue weighted by Crippen LogP contribution is -2.48. The van der Waals surface area contributed by atoms with Gasteiger partial charge in [0.2, 0.25) is 0 Å². The van der Waals surface area contributed by atoms with Crippen molar-refractivity contribution in [1.29, 1.82) is 0 Å². The summed E-state index contributed by atoms with van der Waals surface area (Å²) >= 11 is 5.83. The van der Waals surface area contributed by atoms with Crippen LogP contribution in [0.1, 0.15) is 33.3 Å². The van der Waals surface area contributed by atoms with Gasteiger partial charge in [0.25, 0.3) is 0 Å². The van der Waals surface area contributed by atoms with E-state index in [-0.39, 0.29) is 12.1 Å². The van der Waals surface area contributed by atoms with E-state index in [1.807, 2.05) is 50.8 Å². The highest BCUT2D eigenvalue weighted by Crippen LogP contribution is 2.15. The Morgan fingerprint density at radius 2 is 1.65 bits per heavy atom. The van der Waals surface area contributed by atoms with Crippen molar-refractivity contribution < 1.29 is 9.90 Å². The molecule has 0 aliphatic rings. The van der Waals surface area contributed by atoms with Crippen molar-refractivity contribution >= 4 is 23.6 Å². The number of halogens is 1. The fraction of sp³-hybridized carbons (Fsp3) is 0.438. The molecule has 110 valence electrons. The van der Waals surface area contributed by atoms with Crippen molar-refractivity contribution in [3.8, 4) is 0 Å². The average Bonchev–Trinajstić information content (AvgIpc) is 2.34. The van der Waals surface area contributed by atoms with E-state index in [0.717, 1.165) is 5.56 Å². The third kappa shape index (κ3) is 4.66. The van der Waals surface area contributed by atoms with Gasteiger partial charge in [-0.2, -0.15) is 0 Å². The van der Waals surface area contributed by atoms with E-state index in [1.54, 1.807) is 18.2 Å². The van der Waals surface area contributed by atoms with Crippen molar-refractivity contribution in [3.63, 3.8) is 0 Å². The summed E-state index contributed by atoms with van der Waals surface area (Å²) in [7, 11) is 0. The molecule has 0 heterocycles. The van der Waals surface area contributed by atoms with Gasteiger partial charge in [-0.3, -0.25) is 9.69 Å². The van der Waals surface area contributed by atoms with Gasteiger partial charge in [-0.15, -0.1) is 0 Å². The zero-order valence-corrected chi connectivity index (χ0v) is 13.1. The highest BCUT2D eigenvalue weighted by molar-refractivity contribution is 6.30. The summed E-state index contributed by atoms with van der Waals surface area (Å²) in [4.78, 5) is 13.5. The average molecular weight is 296 g/mol. The second-order valence-electron chi connectivity index (χ2n) is 5.33. The minimum Gasteiger partial charge on any atom is -0.480 e. The van der Waals surface area contributed by atoms with Gasteiger partial charge in [0, 0.05) is 17.1 Å². The third-order valence-corrected chi connectivity index (χ3v) is 3.36. The van der Waals surface area contributed by atoms with Crippen LogP contribution in [0.2, 0.25) is 5.02 Å². The predicted octanol–water partition coefficient (Wildman–Crippen LogP) is 3.93. The van der Waals surface area contributed by atoms with Gasteiger partial charge in [0.1, 0.15) is 6.04 Å². The first-order valence-electron chi connectivity index (χ1n) is 6.77. The Hall–Kier alpha value is -1.32. The van der Waals surface area contributed by atoms with Gasteiger partial charge < -0.3 is 5.11 Å². The highest BCUT2D eigenvalue weighted by atomic mass is 35.5. The van der Waals surface area contributed by atoms with Crippen LogP contribution in [-0.4, -0.2) is 34.1 Å². The van der Waals surface area contributed by atoms with Crippen LogP contribution in [0.3, 0.4) is 0 Å². The minimum atomic E-state index is -0.836. The van der Waals surface area contributed by atoms with Crippen LogP contribution in [0.25, 0.3) is 6.08 Å². The molecule has 1 aromatic rings. The Kier molecular flexibility index (Phi) is 6.24. The topological polar surface area (TPSA) is 40.5 Å². The van der Waals surface area contributed by atoms with E-state index in [9.17, 15) is 9.90 Å². The van der Waals surface area contributed by atoms with Crippen LogP contribution in [0.5, 0.6) is 0 Å². The Bertz CT molecular complexity index is 458. The first-order valence-corrected chi connectivity index (χ1v) is 7.14. The second-order valence-corrected chi connectivity index (χ2v) is 5.76. The van der Waals surface area contributed by atoms with Gasteiger partial charge in [-0.25, -0.2) is 0 Å². The number of benzene rings is 1. The van der Waals surface area contributed by atoms with Crippen LogP contribution >= 0.6 is 11.6 Å². The standard InChI is InChI=1S/C16H22ClNO2/c1-11(2)18(12(3)4)15(16(19)20)10-7-13-5-8-14(17)9-6-13/h5-12,15H,1-4H3,(H,19,20)/b10-7+. The van der Waals surface area contributed by atoms with E-state index in [0.29, 0.717) is 5.02 Å². The van der Waals surface area contributed by atoms with Crippen LogP contribution in [0.15, 0.2) is 30.3 Å². The molecule has 0 saturated carbocycles. The van der Waals surface area contributed by atoms with Crippen LogP contribution in [-0.2, 0) is 4.79 Å². The lowest BCUT2D eigenvalue weighted by molar-refractivity contribution is -0.142. The van der Waals surface area contributed by atoms with E-state index in [2.05, 4.69) is 0 Å². The van der Waals surface area contributed by atoms with Crippen LogP contribution < -0.4 is 0 Å². The number of hydrogen-bond acceptors (Lipinski definition) is 2. The van der Waals surface area contributed by atoms with E-state index < -0.39 is 12.0 Å². The SMILES string of the molecule is CC(C)N(C(C)C)C(/C=C/c1ccc(Cl)cc1)C(=O)O. The quantitative estimate of drug-likeness (QED) is 0.864. The van der Waals surface area contributed by atoms with Crippen molar-refractivity contribution in [3.05, 3.63) is 40.9 Å². The summed E-state index contributed by atoms with van der Waals surface area (Å²) in [5, 5.41) is 10.1. The normalized spacial score (nSPS) is 13.6.